The molecule has 0 spiro atoms. The van der Waals surface area contributed by atoms with Gasteiger partial charge < -0.3 is 14.4 Å². The van der Waals surface area contributed by atoms with Crippen LogP contribution in [0.1, 0.15) is 23.3 Å². The summed E-state index contributed by atoms with van der Waals surface area (Å²) in [5.74, 6) is 1.41. The third kappa shape index (κ3) is 1.94. The number of oxazole rings is 1. The van der Waals surface area contributed by atoms with E-state index >= 15 is 0 Å². The fourth-order valence-electron chi connectivity index (χ4n) is 1.33. The number of carbonyl (C=O) groups is 1. The van der Waals surface area contributed by atoms with Crippen molar-refractivity contribution in [2.75, 3.05) is 11.4 Å². The molecule has 0 atom stereocenters. The Kier molecular flexibility index (Phi) is 2.34. The van der Waals surface area contributed by atoms with E-state index in [1.807, 2.05) is 4.90 Å². The van der Waals surface area contributed by atoms with Gasteiger partial charge in [0.1, 0.15) is 6.26 Å². The van der Waals surface area contributed by atoms with Crippen LogP contribution in [-0.4, -0.2) is 28.6 Å². The third-order valence-electron chi connectivity index (χ3n) is 2.21. The van der Waals surface area contributed by atoms with Crippen LogP contribution in [-0.2, 0) is 0 Å². The molecule has 1 aliphatic rings. The van der Waals surface area contributed by atoms with Crippen LogP contribution in [0.25, 0.3) is 0 Å². The van der Waals surface area contributed by atoms with Gasteiger partial charge in [-0.15, -0.1) is 6.42 Å². The van der Waals surface area contributed by atoms with Crippen LogP contribution in [0.4, 0.5) is 6.01 Å². The van der Waals surface area contributed by atoms with Crippen LogP contribution in [0, 0.1) is 12.3 Å². The molecule has 5 nitrogen and oxygen atoms in total. The molecule has 1 saturated carbocycles. The summed E-state index contributed by atoms with van der Waals surface area (Å²) in [7, 11) is 0. The lowest BCUT2D eigenvalue weighted by molar-refractivity contribution is 0.0690. The highest BCUT2D eigenvalue weighted by Crippen LogP contribution is 2.30. The molecule has 1 aromatic heterocycles. The lowest BCUT2D eigenvalue weighted by Gasteiger charge is -2.15. The van der Waals surface area contributed by atoms with Crippen molar-refractivity contribution < 1.29 is 14.3 Å². The van der Waals surface area contributed by atoms with Gasteiger partial charge in [-0.1, -0.05) is 5.92 Å². The van der Waals surface area contributed by atoms with E-state index in [0.717, 1.165) is 19.1 Å². The van der Waals surface area contributed by atoms with Crippen molar-refractivity contribution in [2.45, 2.75) is 18.9 Å². The first kappa shape index (κ1) is 9.59. The molecule has 0 saturated heterocycles. The summed E-state index contributed by atoms with van der Waals surface area (Å²) in [5, 5.41) is 8.68. The van der Waals surface area contributed by atoms with E-state index in [4.69, 9.17) is 15.9 Å². The average molecular weight is 206 g/mol. The predicted molar refractivity (Wildman–Crippen MR) is 52.7 cm³/mol. The maximum absolute atomic E-state index is 10.6. The average Bonchev–Trinajstić information content (AvgIpc) is 2.91. The molecule has 78 valence electrons. The molecule has 2 rings (SSSR count). The second-order valence-electron chi connectivity index (χ2n) is 3.38. The van der Waals surface area contributed by atoms with Gasteiger partial charge in [-0.05, 0) is 12.8 Å². The van der Waals surface area contributed by atoms with Crippen LogP contribution < -0.4 is 4.90 Å². The molecule has 0 aromatic carbocycles. The minimum Gasteiger partial charge on any atom is -0.476 e. The van der Waals surface area contributed by atoms with Gasteiger partial charge in [-0.25, -0.2) is 4.79 Å². The number of nitrogens with zero attached hydrogens (tertiary/aromatic N) is 2. The van der Waals surface area contributed by atoms with Crippen molar-refractivity contribution in [1.82, 2.24) is 4.98 Å². The van der Waals surface area contributed by atoms with Crippen LogP contribution in [0.2, 0.25) is 0 Å². The molecule has 1 aromatic rings. The number of anilines is 1. The standard InChI is InChI=1S/C10H10N2O3/c1-2-5-12(7-3-4-7)10-11-8(6-15-10)9(13)14/h1,6-7H,3-5H2,(H,13,14). The fraction of sp³-hybridized carbons (Fsp3) is 0.400. The summed E-state index contributed by atoms with van der Waals surface area (Å²) in [6.45, 7) is 0.393. The van der Waals surface area contributed by atoms with Crippen molar-refractivity contribution in [1.29, 1.82) is 0 Å². The lowest BCUT2D eigenvalue weighted by atomic mass is 10.5. The van der Waals surface area contributed by atoms with E-state index in [1.165, 1.54) is 0 Å². The Bertz CT molecular complexity index is 415. The van der Waals surface area contributed by atoms with Gasteiger partial charge in [0.15, 0.2) is 5.69 Å². The number of carboxylic acid groups (broad SMARTS) is 1. The zero-order valence-corrected chi connectivity index (χ0v) is 8.01. The minimum atomic E-state index is -1.10. The molecule has 0 aliphatic heterocycles. The van der Waals surface area contributed by atoms with Crippen LogP contribution in [0.5, 0.6) is 0 Å². The van der Waals surface area contributed by atoms with Crippen molar-refractivity contribution in [2.24, 2.45) is 0 Å². The predicted octanol–water partition coefficient (Wildman–Crippen LogP) is 0.975. The molecule has 0 radical (unpaired) electrons. The maximum Gasteiger partial charge on any atom is 0.357 e. The van der Waals surface area contributed by atoms with Crippen molar-refractivity contribution in [3.8, 4) is 12.3 Å². The quantitative estimate of drug-likeness (QED) is 0.743. The van der Waals surface area contributed by atoms with Crippen molar-refractivity contribution >= 4 is 12.0 Å². The molecular weight excluding hydrogens is 196 g/mol. The molecule has 15 heavy (non-hydrogen) atoms. The van der Waals surface area contributed by atoms with Gasteiger partial charge in [-0.3, -0.25) is 0 Å². The van der Waals surface area contributed by atoms with E-state index in [0.29, 0.717) is 18.6 Å². The summed E-state index contributed by atoms with van der Waals surface area (Å²) < 4.78 is 5.08. The smallest absolute Gasteiger partial charge is 0.357 e. The normalized spacial score (nSPS) is 14.6. The zero-order chi connectivity index (χ0) is 10.8. The van der Waals surface area contributed by atoms with Crippen molar-refractivity contribution in [3.05, 3.63) is 12.0 Å². The van der Waals surface area contributed by atoms with E-state index in [9.17, 15) is 4.79 Å². The van der Waals surface area contributed by atoms with Crippen molar-refractivity contribution in [3.63, 3.8) is 0 Å². The second kappa shape index (κ2) is 3.65. The highest BCUT2D eigenvalue weighted by molar-refractivity contribution is 5.85. The summed E-state index contributed by atoms with van der Waals surface area (Å²) >= 11 is 0. The Morgan fingerprint density at radius 2 is 2.53 bits per heavy atom. The highest BCUT2D eigenvalue weighted by Gasteiger charge is 2.31. The summed E-state index contributed by atoms with van der Waals surface area (Å²) in [4.78, 5) is 16.3. The van der Waals surface area contributed by atoms with Crippen LogP contribution >= 0.6 is 0 Å². The van der Waals surface area contributed by atoms with Gasteiger partial charge in [0.2, 0.25) is 0 Å². The first-order chi connectivity index (χ1) is 7.22. The number of terminal acetylenes is 1. The third-order valence-corrected chi connectivity index (χ3v) is 2.21. The topological polar surface area (TPSA) is 66.6 Å². The fourth-order valence-corrected chi connectivity index (χ4v) is 1.33. The number of aromatic nitrogens is 1. The van der Waals surface area contributed by atoms with Crippen LogP contribution in [0.3, 0.4) is 0 Å². The van der Waals surface area contributed by atoms with Gasteiger partial charge in [0, 0.05) is 6.04 Å². The molecule has 1 heterocycles. The first-order valence-electron chi connectivity index (χ1n) is 4.61. The number of hydrogen-bond donors (Lipinski definition) is 1. The monoisotopic (exact) mass is 206 g/mol. The molecule has 5 heteroatoms. The Morgan fingerprint density at radius 1 is 1.80 bits per heavy atom. The Hall–Kier alpha value is -1.96. The number of rotatable bonds is 4. The lowest BCUT2D eigenvalue weighted by Crippen LogP contribution is -2.26. The Balaban J connectivity index is 2.18. The van der Waals surface area contributed by atoms with Gasteiger partial charge in [0.05, 0.1) is 6.54 Å². The highest BCUT2D eigenvalue weighted by atomic mass is 16.4. The SMILES string of the molecule is C#CCN(c1nc(C(=O)O)co1)C1CC1. The van der Waals surface area contributed by atoms with E-state index in [-0.39, 0.29) is 5.69 Å². The Labute approximate surface area is 86.7 Å². The molecule has 0 unspecified atom stereocenters. The van der Waals surface area contributed by atoms with Crippen LogP contribution in [0.15, 0.2) is 10.7 Å². The molecule has 1 fully saturated rings. The summed E-state index contributed by atoms with van der Waals surface area (Å²) in [6.07, 6.45) is 8.45. The van der Waals surface area contributed by atoms with E-state index in [1.54, 1.807) is 0 Å². The zero-order valence-electron chi connectivity index (χ0n) is 8.01. The number of aromatic carboxylic acids is 1. The molecule has 0 amide bonds. The molecule has 1 aliphatic carbocycles. The Morgan fingerprint density at radius 3 is 3.00 bits per heavy atom. The van der Waals surface area contributed by atoms with E-state index < -0.39 is 5.97 Å². The molecule has 0 bridgehead atoms. The maximum atomic E-state index is 10.6. The van der Waals surface area contributed by atoms with Gasteiger partial charge in [0.25, 0.3) is 6.01 Å². The number of hydrogen-bond acceptors (Lipinski definition) is 4. The van der Waals surface area contributed by atoms with Gasteiger partial charge >= 0.3 is 5.97 Å². The molecular formula is C10H10N2O3. The minimum absolute atomic E-state index is 0.0901. The number of carboxylic acids is 1. The second-order valence-corrected chi connectivity index (χ2v) is 3.38. The first-order valence-corrected chi connectivity index (χ1v) is 4.61. The molecule has 1 N–H and O–H groups in total. The summed E-state index contributed by atoms with van der Waals surface area (Å²) in [6, 6.07) is 0.647. The van der Waals surface area contributed by atoms with Gasteiger partial charge in [-0.2, -0.15) is 4.98 Å². The van der Waals surface area contributed by atoms with E-state index in [2.05, 4.69) is 10.9 Å². The largest absolute Gasteiger partial charge is 0.476 e. The summed E-state index contributed by atoms with van der Waals surface area (Å²) in [5.41, 5.74) is -0.0901.